The highest BCUT2D eigenvalue weighted by Gasteiger charge is 2.22. The normalized spacial score (nSPS) is 33.0. The molecule has 1 unspecified atom stereocenters. The smallest absolute Gasteiger partial charge is 0.0109 e. The lowest BCUT2D eigenvalue weighted by Crippen LogP contribution is -2.09. The zero-order chi connectivity index (χ0) is 7.40. The second-order valence-corrected chi connectivity index (χ2v) is 4.21. The standard InChI is InChI=1S/C8H17NS/c1-7-4-3-5-8(7)6-10-9-2/h7-9H,3-6H2,1-2H3/t7-,8?/m0/s1. The van der Waals surface area contributed by atoms with E-state index in [1.807, 2.05) is 19.0 Å². The van der Waals surface area contributed by atoms with E-state index in [-0.39, 0.29) is 0 Å². The zero-order valence-electron chi connectivity index (χ0n) is 6.89. The van der Waals surface area contributed by atoms with Crippen LogP contribution >= 0.6 is 11.9 Å². The number of nitrogens with one attached hydrogen (secondary N) is 1. The summed E-state index contributed by atoms with van der Waals surface area (Å²) in [6.07, 6.45) is 4.36. The van der Waals surface area contributed by atoms with Crippen LogP contribution in [0.5, 0.6) is 0 Å². The Morgan fingerprint density at radius 3 is 2.80 bits per heavy atom. The molecule has 1 N–H and O–H groups in total. The molecule has 2 atom stereocenters. The van der Waals surface area contributed by atoms with Gasteiger partial charge in [0, 0.05) is 5.75 Å². The third kappa shape index (κ3) is 2.17. The van der Waals surface area contributed by atoms with Crippen molar-refractivity contribution in [2.45, 2.75) is 26.2 Å². The molecule has 0 aromatic rings. The van der Waals surface area contributed by atoms with Crippen LogP contribution in [0.4, 0.5) is 0 Å². The average molecular weight is 159 g/mol. The summed E-state index contributed by atoms with van der Waals surface area (Å²) in [5.41, 5.74) is 0. The Balaban J connectivity index is 2.14. The monoisotopic (exact) mass is 159 g/mol. The van der Waals surface area contributed by atoms with Gasteiger partial charge in [-0.05, 0) is 25.3 Å². The fourth-order valence-corrected chi connectivity index (χ4v) is 2.54. The van der Waals surface area contributed by atoms with Crippen LogP contribution < -0.4 is 4.72 Å². The summed E-state index contributed by atoms with van der Waals surface area (Å²) in [5.74, 6) is 3.26. The molecular formula is C8H17NS. The Hall–Kier alpha value is 0.310. The largest absolute Gasteiger partial charge is 0.267 e. The lowest BCUT2D eigenvalue weighted by molar-refractivity contribution is 0.464. The first-order valence-electron chi connectivity index (χ1n) is 4.13. The minimum absolute atomic E-state index is 0.973. The molecule has 10 heavy (non-hydrogen) atoms. The lowest BCUT2D eigenvalue weighted by atomic mass is 10.0. The van der Waals surface area contributed by atoms with Crippen LogP contribution in [0.2, 0.25) is 0 Å². The summed E-state index contributed by atoms with van der Waals surface area (Å²) in [7, 11) is 2.00. The molecule has 0 amide bonds. The average Bonchev–Trinajstić information content (AvgIpc) is 2.31. The van der Waals surface area contributed by atoms with Crippen LogP contribution in [0, 0.1) is 11.8 Å². The van der Waals surface area contributed by atoms with Crippen LogP contribution in [-0.4, -0.2) is 12.8 Å². The molecule has 0 saturated heterocycles. The van der Waals surface area contributed by atoms with Gasteiger partial charge < -0.3 is 0 Å². The van der Waals surface area contributed by atoms with Gasteiger partial charge in [0.25, 0.3) is 0 Å². The van der Waals surface area contributed by atoms with E-state index in [0.717, 1.165) is 11.8 Å². The van der Waals surface area contributed by atoms with Gasteiger partial charge in [-0.1, -0.05) is 31.7 Å². The number of hydrogen-bond acceptors (Lipinski definition) is 2. The van der Waals surface area contributed by atoms with Gasteiger partial charge >= 0.3 is 0 Å². The summed E-state index contributed by atoms with van der Waals surface area (Å²) in [6, 6.07) is 0. The van der Waals surface area contributed by atoms with Gasteiger partial charge in [0.05, 0.1) is 0 Å². The maximum Gasteiger partial charge on any atom is 0.0109 e. The fourth-order valence-electron chi connectivity index (χ4n) is 1.66. The van der Waals surface area contributed by atoms with Gasteiger partial charge in [0.2, 0.25) is 0 Å². The zero-order valence-corrected chi connectivity index (χ0v) is 7.71. The Labute approximate surface area is 68.1 Å². The van der Waals surface area contributed by atoms with E-state index in [4.69, 9.17) is 0 Å². The first-order valence-corrected chi connectivity index (χ1v) is 5.11. The summed E-state index contributed by atoms with van der Waals surface area (Å²) >= 11 is 1.86. The quantitative estimate of drug-likeness (QED) is 0.634. The molecule has 0 radical (unpaired) electrons. The Bertz CT molecular complexity index is 95.3. The fraction of sp³-hybridized carbons (Fsp3) is 1.00. The third-order valence-electron chi connectivity index (χ3n) is 2.48. The van der Waals surface area contributed by atoms with E-state index < -0.39 is 0 Å². The van der Waals surface area contributed by atoms with Gasteiger partial charge in [-0.2, -0.15) is 0 Å². The number of rotatable bonds is 3. The van der Waals surface area contributed by atoms with Crippen LogP contribution in [0.15, 0.2) is 0 Å². The maximum atomic E-state index is 3.13. The van der Waals surface area contributed by atoms with E-state index in [1.165, 1.54) is 25.0 Å². The second-order valence-electron chi connectivity index (χ2n) is 3.18. The van der Waals surface area contributed by atoms with Crippen molar-refractivity contribution in [3.63, 3.8) is 0 Å². The predicted molar refractivity (Wildman–Crippen MR) is 48.0 cm³/mol. The summed E-state index contributed by atoms with van der Waals surface area (Å²) in [6.45, 7) is 2.38. The van der Waals surface area contributed by atoms with Crippen molar-refractivity contribution in [2.24, 2.45) is 11.8 Å². The van der Waals surface area contributed by atoms with Crippen LogP contribution in [0.1, 0.15) is 26.2 Å². The van der Waals surface area contributed by atoms with Crippen molar-refractivity contribution in [1.82, 2.24) is 4.72 Å². The van der Waals surface area contributed by atoms with E-state index in [1.54, 1.807) is 0 Å². The highest BCUT2D eigenvalue weighted by Crippen LogP contribution is 2.32. The topological polar surface area (TPSA) is 12.0 Å². The van der Waals surface area contributed by atoms with Gasteiger partial charge in [-0.15, -0.1) is 0 Å². The molecule has 1 fully saturated rings. The van der Waals surface area contributed by atoms with Gasteiger partial charge in [0.15, 0.2) is 0 Å². The van der Waals surface area contributed by atoms with Crippen LogP contribution in [0.3, 0.4) is 0 Å². The van der Waals surface area contributed by atoms with Gasteiger partial charge in [-0.25, -0.2) is 0 Å². The Morgan fingerprint density at radius 2 is 2.30 bits per heavy atom. The first-order chi connectivity index (χ1) is 4.84. The summed E-state index contributed by atoms with van der Waals surface area (Å²) in [4.78, 5) is 0. The molecule has 1 nitrogen and oxygen atoms in total. The molecule has 0 aromatic heterocycles. The highest BCUT2D eigenvalue weighted by atomic mass is 32.2. The summed E-state index contributed by atoms with van der Waals surface area (Å²) < 4.78 is 3.13. The second kappa shape index (κ2) is 4.24. The van der Waals surface area contributed by atoms with Gasteiger partial charge in [-0.3, -0.25) is 4.72 Å². The van der Waals surface area contributed by atoms with E-state index >= 15 is 0 Å². The van der Waals surface area contributed by atoms with E-state index in [0.29, 0.717) is 0 Å². The Kier molecular flexibility index (Phi) is 3.57. The van der Waals surface area contributed by atoms with Crippen molar-refractivity contribution in [3.05, 3.63) is 0 Å². The molecule has 0 aliphatic heterocycles. The predicted octanol–water partition coefficient (Wildman–Crippen LogP) is 2.29. The molecule has 0 bridgehead atoms. The van der Waals surface area contributed by atoms with Crippen molar-refractivity contribution in [1.29, 1.82) is 0 Å². The van der Waals surface area contributed by atoms with Gasteiger partial charge in [0.1, 0.15) is 0 Å². The minimum atomic E-state index is 0.973. The summed E-state index contributed by atoms with van der Waals surface area (Å²) in [5, 5.41) is 0. The molecule has 1 saturated carbocycles. The van der Waals surface area contributed by atoms with Crippen molar-refractivity contribution in [3.8, 4) is 0 Å². The third-order valence-corrected chi connectivity index (χ3v) is 3.36. The maximum absolute atomic E-state index is 3.13. The van der Waals surface area contributed by atoms with Crippen LogP contribution in [-0.2, 0) is 0 Å². The first kappa shape index (κ1) is 8.41. The molecule has 2 heteroatoms. The molecule has 1 rings (SSSR count). The molecule has 1 aliphatic rings. The molecule has 0 heterocycles. The molecule has 60 valence electrons. The molecule has 0 spiro atoms. The van der Waals surface area contributed by atoms with E-state index in [9.17, 15) is 0 Å². The molecule has 0 aromatic carbocycles. The SMILES string of the molecule is CNSCC1CCC[C@@H]1C. The van der Waals surface area contributed by atoms with Crippen LogP contribution in [0.25, 0.3) is 0 Å². The number of hydrogen-bond donors (Lipinski definition) is 1. The van der Waals surface area contributed by atoms with E-state index in [2.05, 4.69) is 11.6 Å². The van der Waals surface area contributed by atoms with Crippen molar-refractivity contribution < 1.29 is 0 Å². The van der Waals surface area contributed by atoms with Crippen molar-refractivity contribution >= 4 is 11.9 Å². The molecule has 1 aliphatic carbocycles. The van der Waals surface area contributed by atoms with Crippen molar-refractivity contribution in [2.75, 3.05) is 12.8 Å². The minimum Gasteiger partial charge on any atom is -0.267 e. The lowest BCUT2D eigenvalue weighted by Gasteiger charge is -2.13. The Morgan fingerprint density at radius 1 is 1.50 bits per heavy atom. The molecular weight excluding hydrogens is 142 g/mol. The highest BCUT2D eigenvalue weighted by molar-refractivity contribution is 7.97.